The van der Waals surface area contributed by atoms with E-state index in [-0.39, 0.29) is 12.1 Å². The Kier molecular flexibility index (Phi) is 6.73. The van der Waals surface area contributed by atoms with E-state index in [4.69, 9.17) is 9.84 Å². The molecule has 210 valence electrons. The third kappa shape index (κ3) is 5.15. The summed E-state index contributed by atoms with van der Waals surface area (Å²) >= 11 is 0. The molecule has 1 unspecified atom stereocenters. The van der Waals surface area contributed by atoms with Crippen LogP contribution in [-0.2, 0) is 11.8 Å². The van der Waals surface area contributed by atoms with Crippen molar-refractivity contribution in [3.8, 4) is 16.8 Å². The van der Waals surface area contributed by atoms with Crippen molar-refractivity contribution in [3.05, 3.63) is 103 Å². The van der Waals surface area contributed by atoms with Gasteiger partial charge in [-0.05, 0) is 67.3 Å². The number of fused-ring (bicyclic) bond motifs is 1. The molecule has 1 aliphatic rings. The van der Waals surface area contributed by atoms with E-state index in [2.05, 4.69) is 39.2 Å². The van der Waals surface area contributed by atoms with Gasteiger partial charge < -0.3 is 15.4 Å². The zero-order valence-corrected chi connectivity index (χ0v) is 23.1. The molecule has 3 aromatic heterocycles. The van der Waals surface area contributed by atoms with Crippen molar-refractivity contribution in [3.63, 3.8) is 0 Å². The van der Waals surface area contributed by atoms with Crippen LogP contribution in [0.4, 0.5) is 17.2 Å². The maximum atomic E-state index is 12.7. The van der Waals surface area contributed by atoms with Crippen LogP contribution in [0.1, 0.15) is 35.8 Å². The van der Waals surface area contributed by atoms with Gasteiger partial charge in [-0.15, -0.1) is 5.10 Å². The Labute approximate surface area is 242 Å². The van der Waals surface area contributed by atoms with Crippen LogP contribution in [0, 0.1) is 0 Å². The average Bonchev–Trinajstić information content (AvgIpc) is 3.78. The van der Waals surface area contributed by atoms with Gasteiger partial charge in [0.25, 0.3) is 5.91 Å². The van der Waals surface area contributed by atoms with Crippen LogP contribution in [0.2, 0.25) is 0 Å². The van der Waals surface area contributed by atoms with Gasteiger partial charge in [0.1, 0.15) is 6.23 Å². The number of benzene rings is 3. The molecular weight excluding hydrogens is 528 g/mol. The summed E-state index contributed by atoms with van der Waals surface area (Å²) < 4.78 is 11.3. The summed E-state index contributed by atoms with van der Waals surface area (Å²) in [6, 6.07) is 24.0. The largest absolute Gasteiger partial charge is 0.357 e. The molecule has 10 heteroatoms. The van der Waals surface area contributed by atoms with Crippen molar-refractivity contribution in [1.82, 2.24) is 29.3 Å². The number of nitrogens with one attached hydrogen (secondary N) is 2. The highest BCUT2D eigenvalue weighted by molar-refractivity contribution is 6.04. The molecule has 6 aromatic rings. The van der Waals surface area contributed by atoms with Gasteiger partial charge in [0.15, 0.2) is 5.82 Å². The predicted molar refractivity (Wildman–Crippen MR) is 162 cm³/mol. The molecular formula is C32H30N8O2. The molecule has 2 N–H and O–H groups in total. The molecule has 1 amide bonds. The first-order valence-corrected chi connectivity index (χ1v) is 14.0. The lowest BCUT2D eigenvalue weighted by atomic mass is 10.1. The van der Waals surface area contributed by atoms with Gasteiger partial charge in [-0.1, -0.05) is 30.3 Å². The Bertz CT molecular complexity index is 1860. The van der Waals surface area contributed by atoms with Crippen molar-refractivity contribution >= 4 is 34.0 Å². The number of anilines is 3. The van der Waals surface area contributed by atoms with Gasteiger partial charge in [-0.25, -0.2) is 9.36 Å². The van der Waals surface area contributed by atoms with E-state index in [0.29, 0.717) is 11.3 Å². The number of ether oxygens (including phenoxy) is 1. The van der Waals surface area contributed by atoms with Crippen LogP contribution in [0.15, 0.2) is 97.6 Å². The third-order valence-electron chi connectivity index (χ3n) is 7.44. The zero-order chi connectivity index (χ0) is 28.5. The number of nitrogens with zero attached hydrogens (tertiary/aromatic N) is 6. The van der Waals surface area contributed by atoms with Crippen LogP contribution >= 0.6 is 0 Å². The number of carbonyl (C=O) groups excluding carboxylic acids is 1. The summed E-state index contributed by atoms with van der Waals surface area (Å²) in [4.78, 5) is 12.7. The smallest absolute Gasteiger partial charge is 0.258 e. The number of hydrogen-bond acceptors (Lipinski definition) is 6. The number of para-hydroxylation sites is 1. The summed E-state index contributed by atoms with van der Waals surface area (Å²) in [5.41, 5.74) is 6.02. The summed E-state index contributed by atoms with van der Waals surface area (Å²) in [5.74, 6) is 0.524. The SMILES string of the molecule is Cn1cc(C(=O)Nc2cccc(-n3nc(Nc4ccc(-c5cnn(C6CCCCO6)c5)cc4)c4ccccc43)c2)cn1. The van der Waals surface area contributed by atoms with E-state index in [1.54, 1.807) is 24.1 Å². The number of rotatable bonds is 7. The van der Waals surface area contributed by atoms with Crippen LogP contribution in [0.25, 0.3) is 27.7 Å². The fourth-order valence-corrected chi connectivity index (χ4v) is 5.27. The van der Waals surface area contributed by atoms with Crippen LogP contribution in [-0.4, -0.2) is 41.9 Å². The van der Waals surface area contributed by atoms with Crippen LogP contribution < -0.4 is 10.6 Å². The topological polar surface area (TPSA) is 104 Å². The van der Waals surface area contributed by atoms with Crippen molar-refractivity contribution in [2.24, 2.45) is 7.05 Å². The minimum atomic E-state index is -0.217. The van der Waals surface area contributed by atoms with Crippen molar-refractivity contribution in [2.45, 2.75) is 25.5 Å². The number of hydrogen-bond donors (Lipinski definition) is 2. The molecule has 4 heterocycles. The first-order valence-electron chi connectivity index (χ1n) is 14.0. The number of aryl methyl sites for hydroxylation is 1. The Morgan fingerprint density at radius 3 is 2.60 bits per heavy atom. The van der Waals surface area contributed by atoms with E-state index < -0.39 is 0 Å². The second-order valence-corrected chi connectivity index (χ2v) is 10.4. The van der Waals surface area contributed by atoms with Gasteiger partial charge in [0, 0.05) is 48.4 Å². The van der Waals surface area contributed by atoms with Gasteiger partial charge in [0.05, 0.1) is 29.2 Å². The minimum Gasteiger partial charge on any atom is -0.357 e. The Morgan fingerprint density at radius 1 is 0.905 bits per heavy atom. The summed E-state index contributed by atoms with van der Waals surface area (Å²) in [7, 11) is 1.78. The van der Waals surface area contributed by atoms with Crippen molar-refractivity contribution < 1.29 is 9.53 Å². The maximum Gasteiger partial charge on any atom is 0.258 e. The summed E-state index contributed by atoms with van der Waals surface area (Å²) in [6.07, 6.45) is 10.5. The van der Waals surface area contributed by atoms with E-state index >= 15 is 0 Å². The Balaban J connectivity index is 1.12. The molecule has 1 fully saturated rings. The van der Waals surface area contributed by atoms with E-state index in [0.717, 1.165) is 58.7 Å². The number of aromatic nitrogens is 6. The minimum absolute atomic E-state index is 0.0231. The molecule has 1 saturated heterocycles. The molecule has 0 saturated carbocycles. The summed E-state index contributed by atoms with van der Waals surface area (Å²) in [5, 5.41) is 21.0. The molecule has 0 bridgehead atoms. The lowest BCUT2D eigenvalue weighted by Gasteiger charge is -2.22. The molecule has 1 atom stereocenters. The quantitative estimate of drug-likeness (QED) is 0.238. The first kappa shape index (κ1) is 25.7. The average molecular weight is 559 g/mol. The number of amides is 1. The van der Waals surface area contributed by atoms with Crippen LogP contribution in [0.5, 0.6) is 0 Å². The molecule has 0 aliphatic carbocycles. The normalized spacial score (nSPS) is 15.1. The zero-order valence-electron chi connectivity index (χ0n) is 23.1. The van der Waals surface area contributed by atoms with E-state index in [9.17, 15) is 4.79 Å². The standard InChI is InChI=1S/C32H30N8O2/c1-38-20-24(19-33-38)32(41)36-26-7-6-8-27(17-26)40-29-10-3-2-9-28(29)31(37-40)35-25-14-12-22(13-15-25)23-18-34-39(21-23)30-11-4-5-16-42-30/h2-3,6-10,12-15,17-21,30H,4-5,11,16H2,1H3,(H,35,37)(H,36,41). The fourth-order valence-electron chi connectivity index (χ4n) is 5.27. The fraction of sp³-hybridized carbons (Fsp3) is 0.188. The molecule has 0 radical (unpaired) electrons. The van der Waals surface area contributed by atoms with Crippen molar-refractivity contribution in [2.75, 3.05) is 17.2 Å². The Hall–Kier alpha value is -5.22. The maximum absolute atomic E-state index is 12.7. The molecule has 0 spiro atoms. The highest BCUT2D eigenvalue weighted by atomic mass is 16.5. The monoisotopic (exact) mass is 558 g/mol. The highest BCUT2D eigenvalue weighted by Gasteiger charge is 2.17. The third-order valence-corrected chi connectivity index (χ3v) is 7.44. The lowest BCUT2D eigenvalue weighted by molar-refractivity contribution is -0.0394. The highest BCUT2D eigenvalue weighted by Crippen LogP contribution is 2.31. The van der Waals surface area contributed by atoms with Gasteiger partial charge in [-0.3, -0.25) is 9.48 Å². The second kappa shape index (κ2) is 11.0. The van der Waals surface area contributed by atoms with E-state index in [1.165, 1.54) is 6.42 Å². The first-order chi connectivity index (χ1) is 20.6. The lowest BCUT2D eigenvalue weighted by Crippen LogP contribution is -2.18. The number of carbonyl (C=O) groups is 1. The molecule has 42 heavy (non-hydrogen) atoms. The Morgan fingerprint density at radius 2 is 1.79 bits per heavy atom. The summed E-state index contributed by atoms with van der Waals surface area (Å²) in [6.45, 7) is 0.791. The predicted octanol–water partition coefficient (Wildman–Crippen LogP) is 6.32. The molecule has 3 aromatic carbocycles. The second-order valence-electron chi connectivity index (χ2n) is 10.4. The molecule has 7 rings (SSSR count). The van der Waals surface area contributed by atoms with Gasteiger partial charge >= 0.3 is 0 Å². The van der Waals surface area contributed by atoms with Crippen LogP contribution in [0.3, 0.4) is 0 Å². The van der Waals surface area contributed by atoms with Gasteiger partial charge in [-0.2, -0.15) is 10.2 Å². The molecule has 10 nitrogen and oxygen atoms in total. The van der Waals surface area contributed by atoms with Crippen molar-refractivity contribution in [1.29, 1.82) is 0 Å². The molecule has 1 aliphatic heterocycles. The van der Waals surface area contributed by atoms with Gasteiger partial charge in [0.2, 0.25) is 0 Å². The van der Waals surface area contributed by atoms with E-state index in [1.807, 2.05) is 76.2 Å².